The zero-order chi connectivity index (χ0) is 14.8. The summed E-state index contributed by atoms with van der Waals surface area (Å²) in [6, 6.07) is 5.69. The lowest BCUT2D eigenvalue weighted by Crippen LogP contribution is -2.25. The number of nitrogens with two attached hydrogens (primary N) is 1. The van der Waals surface area contributed by atoms with E-state index in [1.54, 1.807) is 0 Å². The fourth-order valence-electron chi connectivity index (χ4n) is 2.64. The van der Waals surface area contributed by atoms with E-state index in [0.29, 0.717) is 16.0 Å². The molecule has 0 saturated carbocycles. The molecule has 1 aliphatic rings. The predicted octanol–water partition coefficient (Wildman–Crippen LogP) is 3.45. The van der Waals surface area contributed by atoms with E-state index in [4.69, 9.17) is 22.5 Å². The summed E-state index contributed by atoms with van der Waals surface area (Å²) in [5.74, 6) is 0.0403. The van der Waals surface area contributed by atoms with Gasteiger partial charge in [0.2, 0.25) is 0 Å². The van der Waals surface area contributed by atoms with Crippen LogP contribution in [0.1, 0.15) is 38.7 Å². The normalized spacial score (nSPS) is 19.8. The highest BCUT2D eigenvalue weighted by Gasteiger charge is 2.23. The third kappa shape index (κ3) is 3.37. The molecular weight excluding hydrogens is 274 g/mol. The number of anilines is 1. The quantitative estimate of drug-likeness (QED) is 0.380. The van der Waals surface area contributed by atoms with Crippen LogP contribution in [-0.2, 0) is 0 Å². The van der Waals surface area contributed by atoms with E-state index in [-0.39, 0.29) is 5.84 Å². The average Bonchev–Trinajstić information content (AvgIpc) is 2.59. The van der Waals surface area contributed by atoms with E-state index in [9.17, 15) is 0 Å². The van der Waals surface area contributed by atoms with Crippen molar-refractivity contribution in [3.8, 4) is 0 Å². The first kappa shape index (κ1) is 15.0. The van der Waals surface area contributed by atoms with Crippen molar-refractivity contribution in [2.24, 2.45) is 16.3 Å². The van der Waals surface area contributed by atoms with Crippen LogP contribution in [0.15, 0.2) is 23.4 Å². The highest BCUT2D eigenvalue weighted by Crippen LogP contribution is 2.32. The van der Waals surface area contributed by atoms with Crippen LogP contribution in [0.25, 0.3) is 0 Å². The molecule has 110 valence electrons. The number of benzene rings is 1. The fraction of sp³-hybridized carbons (Fsp3) is 0.533. The minimum Gasteiger partial charge on any atom is -0.409 e. The van der Waals surface area contributed by atoms with Gasteiger partial charge in [0.25, 0.3) is 0 Å². The second kappa shape index (κ2) is 5.92. The van der Waals surface area contributed by atoms with Gasteiger partial charge in [-0.1, -0.05) is 30.6 Å². The van der Waals surface area contributed by atoms with Gasteiger partial charge in [-0.05, 0) is 42.9 Å². The third-order valence-electron chi connectivity index (χ3n) is 4.04. The van der Waals surface area contributed by atoms with Crippen molar-refractivity contribution >= 4 is 23.1 Å². The Hall–Kier alpha value is -1.42. The molecule has 5 heteroatoms. The predicted molar refractivity (Wildman–Crippen MR) is 83.8 cm³/mol. The first-order valence-electron chi connectivity index (χ1n) is 6.95. The highest BCUT2D eigenvalue weighted by molar-refractivity contribution is 6.34. The van der Waals surface area contributed by atoms with Crippen LogP contribution < -0.4 is 10.6 Å². The second-order valence-electron chi connectivity index (χ2n) is 6.15. The molecule has 0 unspecified atom stereocenters. The number of nitrogens with zero attached hydrogens (tertiary/aromatic N) is 2. The van der Waals surface area contributed by atoms with Gasteiger partial charge in [0, 0.05) is 24.3 Å². The summed E-state index contributed by atoms with van der Waals surface area (Å²) in [6.07, 6.45) is 3.61. The SMILES string of the molecule is CC1(C)CCCN(c2ccc(C(N)=NO)c(Cl)c2)CC1. The smallest absolute Gasteiger partial charge is 0.171 e. The first-order chi connectivity index (χ1) is 9.43. The summed E-state index contributed by atoms with van der Waals surface area (Å²) < 4.78 is 0. The minimum absolute atomic E-state index is 0.0403. The highest BCUT2D eigenvalue weighted by atomic mass is 35.5. The van der Waals surface area contributed by atoms with Crippen LogP contribution in [0.5, 0.6) is 0 Å². The lowest BCUT2D eigenvalue weighted by molar-refractivity contribution is 0.318. The van der Waals surface area contributed by atoms with Crippen LogP contribution >= 0.6 is 11.6 Å². The number of rotatable bonds is 2. The summed E-state index contributed by atoms with van der Waals surface area (Å²) in [7, 11) is 0. The topological polar surface area (TPSA) is 61.8 Å². The van der Waals surface area contributed by atoms with E-state index in [1.807, 2.05) is 18.2 Å². The van der Waals surface area contributed by atoms with Crippen molar-refractivity contribution < 1.29 is 5.21 Å². The van der Waals surface area contributed by atoms with Crippen LogP contribution in [0.3, 0.4) is 0 Å². The number of oxime groups is 1. The Morgan fingerprint density at radius 3 is 2.75 bits per heavy atom. The van der Waals surface area contributed by atoms with Crippen molar-refractivity contribution in [2.45, 2.75) is 33.1 Å². The van der Waals surface area contributed by atoms with Crippen molar-refractivity contribution in [2.75, 3.05) is 18.0 Å². The molecule has 1 saturated heterocycles. The summed E-state index contributed by atoms with van der Waals surface area (Å²) >= 11 is 6.22. The third-order valence-corrected chi connectivity index (χ3v) is 4.35. The summed E-state index contributed by atoms with van der Waals surface area (Å²) in [5.41, 5.74) is 7.66. The number of amidine groups is 1. The molecule has 3 N–H and O–H groups in total. The largest absolute Gasteiger partial charge is 0.409 e. The minimum atomic E-state index is 0.0403. The van der Waals surface area contributed by atoms with Gasteiger partial charge in [0.15, 0.2) is 5.84 Å². The molecule has 20 heavy (non-hydrogen) atoms. The van der Waals surface area contributed by atoms with Crippen LogP contribution in [0.4, 0.5) is 5.69 Å². The van der Waals surface area contributed by atoms with Crippen molar-refractivity contribution in [1.29, 1.82) is 0 Å². The van der Waals surface area contributed by atoms with Gasteiger partial charge in [-0.25, -0.2) is 0 Å². The lowest BCUT2D eigenvalue weighted by Gasteiger charge is -2.25. The van der Waals surface area contributed by atoms with E-state index in [2.05, 4.69) is 23.9 Å². The maximum atomic E-state index is 8.72. The monoisotopic (exact) mass is 295 g/mol. The molecule has 2 rings (SSSR count). The van der Waals surface area contributed by atoms with Crippen LogP contribution in [-0.4, -0.2) is 24.1 Å². The Kier molecular flexibility index (Phi) is 4.43. The van der Waals surface area contributed by atoms with Crippen molar-refractivity contribution in [3.63, 3.8) is 0 Å². The fourth-order valence-corrected chi connectivity index (χ4v) is 2.92. The second-order valence-corrected chi connectivity index (χ2v) is 6.56. The maximum absolute atomic E-state index is 8.72. The van der Waals surface area contributed by atoms with Gasteiger partial charge in [-0.15, -0.1) is 0 Å². The van der Waals surface area contributed by atoms with Crippen LogP contribution in [0, 0.1) is 5.41 Å². The standard InChI is InChI=1S/C15H22ClN3O/c1-15(2)6-3-8-19(9-7-15)11-4-5-12(13(16)10-11)14(17)18-20/h4-5,10,20H,3,6-9H2,1-2H3,(H2,17,18). The Morgan fingerprint density at radius 2 is 2.10 bits per heavy atom. The maximum Gasteiger partial charge on any atom is 0.171 e. The molecular formula is C15H22ClN3O. The molecule has 0 spiro atoms. The summed E-state index contributed by atoms with van der Waals surface area (Å²) in [4.78, 5) is 2.36. The zero-order valence-electron chi connectivity index (χ0n) is 12.1. The summed E-state index contributed by atoms with van der Waals surface area (Å²) in [6.45, 7) is 6.73. The van der Waals surface area contributed by atoms with Gasteiger partial charge in [-0.2, -0.15) is 0 Å². The van der Waals surface area contributed by atoms with E-state index >= 15 is 0 Å². The van der Waals surface area contributed by atoms with Crippen LogP contribution in [0.2, 0.25) is 5.02 Å². The molecule has 1 aliphatic heterocycles. The Morgan fingerprint density at radius 1 is 1.35 bits per heavy atom. The molecule has 1 aromatic rings. The molecule has 1 heterocycles. The van der Waals surface area contributed by atoms with E-state index < -0.39 is 0 Å². The van der Waals surface area contributed by atoms with E-state index in [0.717, 1.165) is 18.8 Å². The van der Waals surface area contributed by atoms with Gasteiger partial charge in [0.1, 0.15) is 0 Å². The number of hydrogen-bond donors (Lipinski definition) is 2. The van der Waals surface area contributed by atoms with Crippen molar-refractivity contribution in [3.05, 3.63) is 28.8 Å². The Bertz CT molecular complexity index is 514. The molecule has 4 nitrogen and oxygen atoms in total. The van der Waals surface area contributed by atoms with Gasteiger partial charge in [-0.3, -0.25) is 0 Å². The molecule has 0 amide bonds. The van der Waals surface area contributed by atoms with E-state index in [1.165, 1.54) is 19.3 Å². The number of halogens is 1. The van der Waals surface area contributed by atoms with Gasteiger partial charge in [0.05, 0.1) is 5.02 Å². The molecule has 0 bridgehead atoms. The summed E-state index contributed by atoms with van der Waals surface area (Å²) in [5, 5.41) is 12.2. The molecule has 0 aliphatic carbocycles. The first-order valence-corrected chi connectivity index (χ1v) is 7.33. The molecule has 0 radical (unpaired) electrons. The molecule has 0 aromatic heterocycles. The van der Waals surface area contributed by atoms with Gasteiger partial charge >= 0.3 is 0 Å². The molecule has 0 atom stereocenters. The zero-order valence-corrected chi connectivity index (χ0v) is 12.8. The lowest BCUT2D eigenvalue weighted by atomic mass is 9.85. The molecule has 1 fully saturated rings. The Balaban J connectivity index is 2.19. The number of hydrogen-bond acceptors (Lipinski definition) is 3. The average molecular weight is 296 g/mol. The molecule has 1 aromatic carbocycles. The Labute approximate surface area is 125 Å². The van der Waals surface area contributed by atoms with Crippen molar-refractivity contribution in [1.82, 2.24) is 0 Å². The van der Waals surface area contributed by atoms with Gasteiger partial charge < -0.3 is 15.8 Å².